The Morgan fingerprint density at radius 3 is 2.26 bits per heavy atom. The average molecular weight is 482 g/mol. The number of amides is 2. The first-order chi connectivity index (χ1) is 17.0. The van der Waals surface area contributed by atoms with Crippen molar-refractivity contribution in [3.8, 4) is 23.6 Å². The maximum absolute atomic E-state index is 12.9. The molecule has 1 fully saturated rings. The number of carbonyl (C=O) groups excluding carboxylic acids is 2. The molecule has 35 heavy (non-hydrogen) atoms. The molecule has 0 unspecified atom stereocenters. The van der Waals surface area contributed by atoms with Crippen molar-refractivity contribution in [2.45, 2.75) is 13.2 Å². The Balaban J connectivity index is 1.51. The fourth-order valence-corrected chi connectivity index (χ4v) is 4.37. The quantitative estimate of drug-likeness (QED) is 0.424. The van der Waals surface area contributed by atoms with Crippen molar-refractivity contribution in [3.63, 3.8) is 0 Å². The van der Waals surface area contributed by atoms with Gasteiger partial charge in [-0.25, -0.2) is 0 Å². The number of hydrogen-bond donors (Lipinski definition) is 0. The van der Waals surface area contributed by atoms with Crippen LogP contribution in [0, 0.1) is 22.7 Å². The lowest BCUT2D eigenvalue weighted by Crippen LogP contribution is -2.27. The highest BCUT2D eigenvalue weighted by Gasteiger charge is 2.35. The van der Waals surface area contributed by atoms with Crippen LogP contribution in [0.3, 0.4) is 0 Å². The number of benzene rings is 3. The first kappa shape index (κ1) is 23.6. The van der Waals surface area contributed by atoms with Gasteiger partial charge in [0.05, 0.1) is 41.8 Å². The number of methoxy groups -OCH3 is 1. The molecule has 172 valence electrons. The van der Waals surface area contributed by atoms with E-state index in [1.165, 1.54) is 7.11 Å². The molecule has 0 spiro atoms. The smallest absolute Gasteiger partial charge is 0.293 e. The number of rotatable bonds is 7. The summed E-state index contributed by atoms with van der Waals surface area (Å²) in [5.74, 6) is 0.522. The summed E-state index contributed by atoms with van der Waals surface area (Å²) in [5, 5.41) is 18.1. The average Bonchev–Trinajstić information content (AvgIpc) is 3.15. The van der Waals surface area contributed by atoms with E-state index in [2.05, 4.69) is 12.1 Å². The van der Waals surface area contributed by atoms with Crippen LogP contribution in [0.2, 0.25) is 0 Å². The number of nitrogens with zero attached hydrogens (tertiary/aromatic N) is 3. The van der Waals surface area contributed by atoms with Crippen LogP contribution in [0.1, 0.15) is 27.8 Å². The monoisotopic (exact) mass is 481 g/mol. The highest BCUT2D eigenvalue weighted by atomic mass is 32.2. The van der Waals surface area contributed by atoms with Crippen molar-refractivity contribution in [3.05, 3.63) is 99.5 Å². The van der Waals surface area contributed by atoms with E-state index in [0.717, 1.165) is 22.2 Å². The van der Waals surface area contributed by atoms with Crippen molar-refractivity contribution in [2.24, 2.45) is 0 Å². The molecule has 2 amide bonds. The summed E-state index contributed by atoms with van der Waals surface area (Å²) >= 11 is 0.852. The van der Waals surface area contributed by atoms with E-state index < -0.39 is 11.1 Å². The predicted molar refractivity (Wildman–Crippen MR) is 131 cm³/mol. The Morgan fingerprint density at radius 2 is 1.57 bits per heavy atom. The van der Waals surface area contributed by atoms with Gasteiger partial charge in [-0.15, -0.1) is 0 Å². The molecule has 8 heteroatoms. The molecule has 3 aromatic rings. The van der Waals surface area contributed by atoms with Crippen LogP contribution in [0.4, 0.5) is 4.79 Å². The van der Waals surface area contributed by atoms with Crippen LogP contribution in [-0.2, 0) is 17.9 Å². The summed E-state index contributed by atoms with van der Waals surface area (Å²) in [6.45, 7) is 0.231. The van der Waals surface area contributed by atoms with E-state index in [-0.39, 0.29) is 18.1 Å². The number of nitriles is 2. The van der Waals surface area contributed by atoms with E-state index >= 15 is 0 Å². The Hall–Kier alpha value is -4.53. The van der Waals surface area contributed by atoms with Gasteiger partial charge in [-0.1, -0.05) is 42.5 Å². The maximum atomic E-state index is 12.9. The number of thioether (sulfide) groups is 1. The molecule has 1 aliphatic heterocycles. The summed E-state index contributed by atoms with van der Waals surface area (Å²) in [7, 11) is 1.51. The van der Waals surface area contributed by atoms with Gasteiger partial charge in [-0.2, -0.15) is 10.5 Å². The van der Waals surface area contributed by atoms with E-state index in [4.69, 9.17) is 9.47 Å². The fourth-order valence-electron chi connectivity index (χ4n) is 3.53. The Morgan fingerprint density at radius 1 is 0.914 bits per heavy atom. The standard InChI is InChI=1S/C27H19N3O4S/c1-33-24-12-18(10-11-23(24)34-17-22-9-5-3-7-20(22)15-29)13-25-26(31)30(27(32)35-25)16-21-8-4-2-6-19(21)14-28/h2-13H,16-17H2,1H3/b25-13-. The van der Waals surface area contributed by atoms with Gasteiger partial charge in [-0.3, -0.25) is 14.5 Å². The van der Waals surface area contributed by atoms with Crippen molar-refractivity contribution in [2.75, 3.05) is 7.11 Å². The van der Waals surface area contributed by atoms with Gasteiger partial charge < -0.3 is 9.47 Å². The molecule has 0 radical (unpaired) electrons. The van der Waals surface area contributed by atoms with Crippen LogP contribution >= 0.6 is 11.8 Å². The summed E-state index contributed by atoms with van der Waals surface area (Å²) in [5.41, 5.74) is 2.99. The van der Waals surface area contributed by atoms with Crippen molar-refractivity contribution < 1.29 is 19.1 Å². The van der Waals surface area contributed by atoms with Gasteiger partial charge in [-0.05, 0) is 53.2 Å². The minimum absolute atomic E-state index is 0.0337. The van der Waals surface area contributed by atoms with Gasteiger partial charge in [0.25, 0.3) is 11.1 Å². The number of imide groups is 1. The minimum Gasteiger partial charge on any atom is -0.493 e. The molecular formula is C27H19N3O4S. The van der Waals surface area contributed by atoms with E-state index in [1.54, 1.807) is 60.7 Å². The van der Waals surface area contributed by atoms with E-state index in [1.807, 2.05) is 12.1 Å². The normalized spacial score (nSPS) is 14.0. The Kier molecular flexibility index (Phi) is 7.15. The molecule has 0 bridgehead atoms. The second-order valence-electron chi connectivity index (χ2n) is 7.50. The van der Waals surface area contributed by atoms with E-state index in [9.17, 15) is 20.1 Å². The molecule has 1 heterocycles. The minimum atomic E-state index is -0.417. The topological polar surface area (TPSA) is 103 Å². The Labute approximate surface area is 206 Å². The third kappa shape index (κ3) is 5.19. The molecule has 3 aromatic carbocycles. The van der Waals surface area contributed by atoms with Gasteiger partial charge in [0.15, 0.2) is 11.5 Å². The zero-order valence-electron chi connectivity index (χ0n) is 18.7. The summed E-state index contributed by atoms with van der Waals surface area (Å²) in [4.78, 5) is 26.8. The lowest BCUT2D eigenvalue weighted by atomic mass is 10.1. The van der Waals surface area contributed by atoms with Crippen LogP contribution in [0.25, 0.3) is 6.08 Å². The summed E-state index contributed by atoms with van der Waals surface area (Å²) < 4.78 is 11.3. The lowest BCUT2D eigenvalue weighted by Gasteiger charge is -2.13. The second-order valence-corrected chi connectivity index (χ2v) is 8.50. The first-order valence-corrected chi connectivity index (χ1v) is 11.4. The van der Waals surface area contributed by atoms with Gasteiger partial charge >= 0.3 is 0 Å². The van der Waals surface area contributed by atoms with E-state index in [0.29, 0.717) is 33.8 Å². The third-order valence-electron chi connectivity index (χ3n) is 5.35. The molecule has 0 saturated carbocycles. The Bertz CT molecular complexity index is 1420. The predicted octanol–water partition coefficient (Wildman–Crippen LogP) is 5.25. The zero-order valence-corrected chi connectivity index (χ0v) is 19.5. The molecule has 0 aliphatic carbocycles. The van der Waals surface area contributed by atoms with Crippen LogP contribution in [0.15, 0.2) is 71.6 Å². The molecule has 1 saturated heterocycles. The van der Waals surface area contributed by atoms with Crippen LogP contribution in [0.5, 0.6) is 11.5 Å². The highest BCUT2D eigenvalue weighted by Crippen LogP contribution is 2.35. The SMILES string of the molecule is COc1cc(/C=C2\SC(=O)N(Cc3ccccc3C#N)C2=O)ccc1OCc1ccccc1C#N. The summed E-state index contributed by atoms with van der Waals surface area (Å²) in [6, 6.07) is 23.5. The number of carbonyl (C=O) groups is 2. The lowest BCUT2D eigenvalue weighted by molar-refractivity contribution is -0.123. The molecule has 7 nitrogen and oxygen atoms in total. The zero-order chi connectivity index (χ0) is 24.8. The molecular weight excluding hydrogens is 462 g/mol. The molecule has 0 atom stereocenters. The maximum Gasteiger partial charge on any atom is 0.293 e. The molecule has 0 aromatic heterocycles. The van der Waals surface area contributed by atoms with Gasteiger partial charge in [0.1, 0.15) is 6.61 Å². The molecule has 0 N–H and O–H groups in total. The third-order valence-corrected chi connectivity index (χ3v) is 6.25. The molecule has 1 aliphatic rings. The van der Waals surface area contributed by atoms with Crippen molar-refractivity contribution in [1.82, 2.24) is 4.90 Å². The first-order valence-electron chi connectivity index (χ1n) is 10.6. The molecule has 4 rings (SSSR count). The van der Waals surface area contributed by atoms with Crippen molar-refractivity contribution >= 4 is 29.0 Å². The number of ether oxygens (including phenoxy) is 2. The highest BCUT2D eigenvalue weighted by molar-refractivity contribution is 8.18. The van der Waals surface area contributed by atoms with Crippen LogP contribution in [-0.4, -0.2) is 23.2 Å². The fraction of sp³-hybridized carbons (Fsp3) is 0.111. The number of hydrogen-bond acceptors (Lipinski definition) is 7. The van der Waals surface area contributed by atoms with Gasteiger partial charge in [0, 0.05) is 5.56 Å². The van der Waals surface area contributed by atoms with Crippen molar-refractivity contribution in [1.29, 1.82) is 10.5 Å². The largest absolute Gasteiger partial charge is 0.493 e. The second kappa shape index (κ2) is 10.6. The summed E-state index contributed by atoms with van der Waals surface area (Å²) in [6.07, 6.45) is 1.62. The van der Waals surface area contributed by atoms with Crippen LogP contribution < -0.4 is 9.47 Å². The van der Waals surface area contributed by atoms with Gasteiger partial charge in [0.2, 0.25) is 0 Å².